The Bertz CT molecular complexity index is 699. The van der Waals surface area contributed by atoms with Gasteiger partial charge < -0.3 is 20.1 Å². The fraction of sp³-hybridized carbons (Fsp3) is 0.444. The first-order valence-corrected chi connectivity index (χ1v) is 9.60. The van der Waals surface area contributed by atoms with Crippen molar-refractivity contribution >= 4 is 23.8 Å². The molecule has 1 aromatic rings. The molecule has 3 rings (SSSR count). The third-order valence-corrected chi connectivity index (χ3v) is 5.44. The van der Waals surface area contributed by atoms with E-state index in [0.717, 1.165) is 30.2 Å². The van der Waals surface area contributed by atoms with Crippen molar-refractivity contribution in [3.05, 3.63) is 41.1 Å². The van der Waals surface area contributed by atoms with Crippen LogP contribution in [0.3, 0.4) is 0 Å². The van der Waals surface area contributed by atoms with E-state index in [2.05, 4.69) is 15.5 Å². The molecule has 1 saturated heterocycles. The number of methoxy groups -OCH3 is 2. The lowest BCUT2D eigenvalue weighted by Gasteiger charge is -2.33. The van der Waals surface area contributed by atoms with Crippen molar-refractivity contribution in [1.82, 2.24) is 15.5 Å². The van der Waals surface area contributed by atoms with E-state index < -0.39 is 12.0 Å². The predicted octanol–water partition coefficient (Wildman–Crippen LogP) is 1.52. The van der Waals surface area contributed by atoms with E-state index in [1.807, 2.05) is 23.9 Å². The Kier molecular flexibility index (Phi) is 6.05. The number of nitrogens with one attached hydrogen (secondary N) is 2. The second-order valence-corrected chi connectivity index (χ2v) is 7.30. The molecule has 0 radical (unpaired) electrons. The van der Waals surface area contributed by atoms with Gasteiger partial charge in [0.05, 0.1) is 25.8 Å². The number of rotatable bonds is 5. The average Bonchev–Trinajstić information content (AvgIpc) is 2.68. The first-order valence-electron chi connectivity index (χ1n) is 8.45. The van der Waals surface area contributed by atoms with E-state index >= 15 is 0 Å². The fourth-order valence-electron chi connectivity index (χ4n) is 3.12. The van der Waals surface area contributed by atoms with Gasteiger partial charge in [-0.3, -0.25) is 4.90 Å². The van der Waals surface area contributed by atoms with Gasteiger partial charge in [0.1, 0.15) is 5.75 Å². The number of carbonyl (C=O) groups is 2. The van der Waals surface area contributed by atoms with Crippen molar-refractivity contribution in [1.29, 1.82) is 0 Å². The summed E-state index contributed by atoms with van der Waals surface area (Å²) in [7, 11) is 2.95. The Morgan fingerprint density at radius 3 is 2.54 bits per heavy atom. The Balaban J connectivity index is 1.95. The van der Waals surface area contributed by atoms with Crippen LogP contribution in [-0.2, 0) is 9.53 Å². The number of amides is 2. The number of ether oxygens (including phenoxy) is 2. The highest BCUT2D eigenvalue weighted by molar-refractivity contribution is 7.99. The van der Waals surface area contributed by atoms with Crippen LogP contribution in [0.2, 0.25) is 0 Å². The molecule has 1 fully saturated rings. The van der Waals surface area contributed by atoms with Crippen LogP contribution in [0.1, 0.15) is 11.6 Å². The molecule has 1 unspecified atom stereocenters. The largest absolute Gasteiger partial charge is 0.497 e. The maximum absolute atomic E-state index is 12.5. The van der Waals surface area contributed by atoms with Gasteiger partial charge in [-0.25, -0.2) is 9.59 Å². The number of hydrogen-bond donors (Lipinski definition) is 2. The van der Waals surface area contributed by atoms with E-state index in [-0.39, 0.29) is 6.03 Å². The quantitative estimate of drug-likeness (QED) is 0.758. The summed E-state index contributed by atoms with van der Waals surface area (Å²) in [6.45, 7) is 2.38. The molecular weight excluding hydrogens is 354 g/mol. The van der Waals surface area contributed by atoms with Crippen molar-refractivity contribution in [3.8, 4) is 5.75 Å². The molecule has 2 N–H and O–H groups in total. The van der Waals surface area contributed by atoms with Crippen LogP contribution in [0.15, 0.2) is 35.5 Å². The number of nitrogens with zero attached hydrogens (tertiary/aromatic N) is 1. The molecule has 2 aliphatic heterocycles. The standard InChI is InChI=1S/C18H23N3O4S/c1-24-13-5-3-12(4-6-13)16-15(17(22)25-2)14(19-18(23)20-16)11-21-7-9-26-10-8-21/h3-6,16H,7-11H2,1-2H3,(H2,19,20,23). The minimum atomic E-state index is -0.559. The van der Waals surface area contributed by atoms with E-state index in [1.54, 1.807) is 19.2 Å². The lowest BCUT2D eigenvalue weighted by Crippen LogP contribution is -2.49. The molecule has 0 bridgehead atoms. The summed E-state index contributed by atoms with van der Waals surface area (Å²) < 4.78 is 10.2. The summed E-state index contributed by atoms with van der Waals surface area (Å²) in [5, 5.41) is 5.64. The van der Waals surface area contributed by atoms with E-state index in [1.165, 1.54) is 7.11 Å². The van der Waals surface area contributed by atoms with Crippen LogP contribution in [0.4, 0.5) is 4.79 Å². The zero-order valence-electron chi connectivity index (χ0n) is 14.9. The van der Waals surface area contributed by atoms with Gasteiger partial charge in [0.15, 0.2) is 0 Å². The van der Waals surface area contributed by atoms with Crippen LogP contribution in [0.25, 0.3) is 0 Å². The van der Waals surface area contributed by atoms with Gasteiger partial charge in [-0.05, 0) is 17.7 Å². The molecule has 0 spiro atoms. The maximum atomic E-state index is 12.5. The molecule has 0 aliphatic carbocycles. The minimum Gasteiger partial charge on any atom is -0.497 e. The molecule has 0 aromatic heterocycles. The molecule has 2 aliphatic rings. The Hall–Kier alpha value is -2.19. The highest BCUT2D eigenvalue weighted by Crippen LogP contribution is 2.29. The summed E-state index contributed by atoms with van der Waals surface area (Å²) in [6, 6.07) is 6.41. The van der Waals surface area contributed by atoms with Crippen molar-refractivity contribution < 1.29 is 19.1 Å². The SMILES string of the molecule is COC(=O)C1=C(CN2CCSCC2)NC(=O)NC1c1ccc(OC)cc1. The number of benzene rings is 1. The summed E-state index contributed by atoms with van der Waals surface area (Å²) in [4.78, 5) is 27.0. The van der Waals surface area contributed by atoms with Crippen molar-refractivity contribution in [2.75, 3.05) is 45.4 Å². The first-order chi connectivity index (χ1) is 12.6. The van der Waals surface area contributed by atoms with Crippen LogP contribution in [-0.4, -0.2) is 62.3 Å². The van der Waals surface area contributed by atoms with Crippen LogP contribution in [0.5, 0.6) is 5.75 Å². The predicted molar refractivity (Wildman–Crippen MR) is 100 cm³/mol. The molecule has 140 valence electrons. The molecule has 0 saturated carbocycles. The van der Waals surface area contributed by atoms with Crippen molar-refractivity contribution in [2.45, 2.75) is 6.04 Å². The van der Waals surface area contributed by atoms with Gasteiger partial charge >= 0.3 is 12.0 Å². The van der Waals surface area contributed by atoms with Gasteiger partial charge in [0.2, 0.25) is 0 Å². The minimum absolute atomic E-state index is 0.320. The number of carbonyl (C=O) groups excluding carboxylic acids is 2. The molecule has 2 amide bonds. The number of thioether (sulfide) groups is 1. The molecule has 1 aromatic carbocycles. The highest BCUT2D eigenvalue weighted by Gasteiger charge is 2.34. The lowest BCUT2D eigenvalue weighted by molar-refractivity contribution is -0.136. The number of urea groups is 1. The van der Waals surface area contributed by atoms with Gasteiger partial charge in [-0.2, -0.15) is 11.8 Å². The molecule has 7 nitrogen and oxygen atoms in total. The first kappa shape index (κ1) is 18.6. The van der Waals surface area contributed by atoms with Gasteiger partial charge in [0.25, 0.3) is 0 Å². The van der Waals surface area contributed by atoms with Gasteiger partial charge in [-0.15, -0.1) is 0 Å². The fourth-order valence-corrected chi connectivity index (χ4v) is 4.10. The Morgan fingerprint density at radius 2 is 1.92 bits per heavy atom. The smallest absolute Gasteiger partial charge is 0.338 e. The zero-order valence-corrected chi connectivity index (χ0v) is 15.7. The number of esters is 1. The van der Waals surface area contributed by atoms with Crippen molar-refractivity contribution in [3.63, 3.8) is 0 Å². The Morgan fingerprint density at radius 1 is 1.23 bits per heavy atom. The van der Waals surface area contributed by atoms with Crippen LogP contribution in [0, 0.1) is 0 Å². The topological polar surface area (TPSA) is 79.9 Å². The van der Waals surface area contributed by atoms with Crippen LogP contribution < -0.4 is 15.4 Å². The number of hydrogen-bond acceptors (Lipinski definition) is 6. The maximum Gasteiger partial charge on any atom is 0.338 e. The Labute approximate surface area is 157 Å². The summed E-state index contributed by atoms with van der Waals surface area (Å²) >= 11 is 1.91. The molecule has 26 heavy (non-hydrogen) atoms. The van der Waals surface area contributed by atoms with Gasteiger partial charge in [0, 0.05) is 36.8 Å². The summed E-state index contributed by atoms with van der Waals surface area (Å²) in [5.74, 6) is 2.37. The second-order valence-electron chi connectivity index (χ2n) is 6.08. The van der Waals surface area contributed by atoms with E-state index in [9.17, 15) is 9.59 Å². The lowest BCUT2D eigenvalue weighted by atomic mass is 9.95. The molecular formula is C18H23N3O4S. The normalized spacial score (nSPS) is 21.0. The van der Waals surface area contributed by atoms with Crippen molar-refractivity contribution in [2.24, 2.45) is 0 Å². The van der Waals surface area contributed by atoms with E-state index in [0.29, 0.717) is 23.6 Å². The summed E-state index contributed by atoms with van der Waals surface area (Å²) in [5.41, 5.74) is 1.84. The molecule has 8 heteroatoms. The second kappa shape index (κ2) is 8.46. The monoisotopic (exact) mass is 377 g/mol. The van der Waals surface area contributed by atoms with Crippen LogP contribution >= 0.6 is 11.8 Å². The summed E-state index contributed by atoms with van der Waals surface area (Å²) in [6.07, 6.45) is 0. The highest BCUT2D eigenvalue weighted by atomic mass is 32.2. The third-order valence-electron chi connectivity index (χ3n) is 4.49. The molecule has 1 atom stereocenters. The third kappa shape index (κ3) is 4.13. The van der Waals surface area contributed by atoms with E-state index in [4.69, 9.17) is 9.47 Å². The molecule has 2 heterocycles. The zero-order chi connectivity index (χ0) is 18.5. The average molecular weight is 377 g/mol. The van der Waals surface area contributed by atoms with Gasteiger partial charge in [-0.1, -0.05) is 12.1 Å².